The molecule has 0 aromatic carbocycles. The van der Waals surface area contributed by atoms with Crippen molar-refractivity contribution in [3.8, 4) is 0 Å². The van der Waals surface area contributed by atoms with Crippen molar-refractivity contribution in [1.82, 2.24) is 0 Å². The van der Waals surface area contributed by atoms with Crippen molar-refractivity contribution < 1.29 is 4.21 Å². The number of rotatable bonds is 0. The van der Waals surface area contributed by atoms with Gasteiger partial charge in [0.2, 0.25) is 0 Å². The van der Waals surface area contributed by atoms with Crippen molar-refractivity contribution in [3.05, 3.63) is 0 Å². The van der Waals surface area contributed by atoms with Crippen LogP contribution in [0, 0.1) is 0 Å². The largest absolute Gasteiger partial charge is 0.233 e. The molecule has 0 saturated carbocycles. The predicted molar refractivity (Wildman–Crippen MR) is 25.1 cm³/mol. The standard InChI is InChI=1S/C2H2N2OS/c5-6-2-3-1-4-6/h1-2H. The van der Waals surface area contributed by atoms with E-state index in [1.54, 1.807) is 0 Å². The summed E-state index contributed by atoms with van der Waals surface area (Å²) in [6.45, 7) is 0. The third-order valence-electron chi connectivity index (χ3n) is 0.369. The molecule has 6 heavy (non-hydrogen) atoms. The Morgan fingerprint density at radius 1 is 1.67 bits per heavy atom. The first kappa shape index (κ1) is 3.67. The first-order chi connectivity index (χ1) is 2.89. The molecular formula is C2H2N2OS. The van der Waals surface area contributed by atoms with Gasteiger partial charge in [0.25, 0.3) is 0 Å². The molecule has 1 unspecified atom stereocenters. The van der Waals surface area contributed by atoms with Crippen LogP contribution in [0.2, 0.25) is 0 Å². The van der Waals surface area contributed by atoms with Crippen LogP contribution < -0.4 is 0 Å². The van der Waals surface area contributed by atoms with E-state index in [2.05, 4.69) is 9.39 Å². The molecule has 4 heteroatoms. The summed E-state index contributed by atoms with van der Waals surface area (Å²) >= 11 is 0. The second kappa shape index (κ2) is 1.30. The topological polar surface area (TPSA) is 41.8 Å². The third kappa shape index (κ3) is 0.514. The minimum Gasteiger partial charge on any atom is -0.233 e. The summed E-state index contributed by atoms with van der Waals surface area (Å²) < 4.78 is 13.4. The molecule has 1 heterocycles. The van der Waals surface area contributed by atoms with Crippen LogP contribution in [0.5, 0.6) is 0 Å². The molecule has 32 valence electrons. The van der Waals surface area contributed by atoms with Crippen LogP contribution >= 0.6 is 0 Å². The van der Waals surface area contributed by atoms with Crippen LogP contribution in [-0.2, 0) is 11.0 Å². The molecule has 3 nitrogen and oxygen atoms in total. The second-order valence-corrected chi connectivity index (χ2v) is 1.73. The molecule has 1 rings (SSSR count). The number of aliphatic imine (C=N–C) groups is 1. The first-order valence-electron chi connectivity index (χ1n) is 1.36. The monoisotopic (exact) mass is 102 g/mol. The molecule has 1 aliphatic heterocycles. The highest BCUT2D eigenvalue weighted by Gasteiger charge is 1.89. The van der Waals surface area contributed by atoms with Gasteiger partial charge in [-0.1, -0.05) is 0 Å². The predicted octanol–water partition coefficient (Wildman–Crippen LogP) is -0.280. The van der Waals surface area contributed by atoms with E-state index in [4.69, 9.17) is 0 Å². The van der Waals surface area contributed by atoms with Gasteiger partial charge in [-0.05, 0) is 0 Å². The Labute approximate surface area is 37.4 Å². The average molecular weight is 102 g/mol. The zero-order valence-electron chi connectivity index (χ0n) is 2.87. The van der Waals surface area contributed by atoms with E-state index >= 15 is 0 Å². The molecule has 0 aliphatic carbocycles. The lowest BCUT2D eigenvalue weighted by molar-refractivity contribution is 0.692. The summed E-state index contributed by atoms with van der Waals surface area (Å²) in [5.41, 5.74) is 1.28. The highest BCUT2D eigenvalue weighted by Crippen LogP contribution is 1.82. The van der Waals surface area contributed by atoms with Gasteiger partial charge in [0, 0.05) is 0 Å². The van der Waals surface area contributed by atoms with Gasteiger partial charge in [0.15, 0.2) is 11.0 Å². The Hall–Kier alpha value is -0.510. The highest BCUT2D eigenvalue weighted by atomic mass is 32.2. The first-order valence-corrected chi connectivity index (χ1v) is 2.53. The average Bonchev–Trinajstić information content (AvgIpc) is 1.86. The van der Waals surface area contributed by atoms with Crippen LogP contribution in [0.25, 0.3) is 0 Å². The molecule has 0 saturated heterocycles. The molecule has 0 N–H and O–H groups in total. The molecule has 1 atom stereocenters. The molecule has 0 aromatic heterocycles. The Bertz CT molecular complexity index is 114. The summed E-state index contributed by atoms with van der Waals surface area (Å²) in [6.07, 6.45) is 1.27. The lowest BCUT2D eigenvalue weighted by Crippen LogP contribution is -1.73. The molecule has 0 aromatic rings. The smallest absolute Gasteiger partial charge is 0.185 e. The minimum atomic E-state index is -1.15. The van der Waals surface area contributed by atoms with E-state index in [0.717, 1.165) is 0 Å². The second-order valence-electron chi connectivity index (χ2n) is 0.752. The van der Waals surface area contributed by atoms with Crippen LogP contribution in [0.1, 0.15) is 0 Å². The van der Waals surface area contributed by atoms with Crippen molar-refractivity contribution in [1.29, 1.82) is 0 Å². The van der Waals surface area contributed by atoms with Gasteiger partial charge in [0.05, 0.1) is 0 Å². The lowest BCUT2D eigenvalue weighted by Gasteiger charge is -1.62. The van der Waals surface area contributed by atoms with Gasteiger partial charge >= 0.3 is 0 Å². The summed E-state index contributed by atoms with van der Waals surface area (Å²) in [6, 6.07) is 0. The molecule has 0 radical (unpaired) electrons. The summed E-state index contributed by atoms with van der Waals surface area (Å²) in [5, 5.41) is 0. The maximum absolute atomic E-state index is 10.0. The van der Waals surface area contributed by atoms with Crippen LogP contribution in [-0.4, -0.2) is 16.1 Å². The maximum Gasteiger partial charge on any atom is 0.185 e. The Morgan fingerprint density at radius 2 is 2.50 bits per heavy atom. The van der Waals surface area contributed by atoms with E-state index < -0.39 is 11.0 Å². The zero-order chi connectivity index (χ0) is 4.41. The third-order valence-corrected chi connectivity index (χ3v) is 0.973. The fourth-order valence-electron chi connectivity index (χ4n) is 0.180. The van der Waals surface area contributed by atoms with Crippen molar-refractivity contribution >= 4 is 22.9 Å². The van der Waals surface area contributed by atoms with E-state index in [9.17, 15) is 4.21 Å². The maximum atomic E-state index is 10.0. The van der Waals surface area contributed by atoms with Gasteiger partial charge in [0.1, 0.15) is 11.9 Å². The quantitative estimate of drug-likeness (QED) is 0.414. The van der Waals surface area contributed by atoms with E-state index in [1.807, 2.05) is 0 Å². The number of hydrogen-bond acceptors (Lipinski definition) is 2. The van der Waals surface area contributed by atoms with Crippen molar-refractivity contribution in [3.63, 3.8) is 0 Å². The van der Waals surface area contributed by atoms with E-state index in [0.29, 0.717) is 0 Å². The van der Waals surface area contributed by atoms with Gasteiger partial charge in [-0.2, -0.15) is 4.40 Å². The van der Waals surface area contributed by atoms with Crippen LogP contribution in [0.15, 0.2) is 9.39 Å². The van der Waals surface area contributed by atoms with E-state index in [1.165, 1.54) is 11.9 Å². The van der Waals surface area contributed by atoms with Crippen LogP contribution in [0.4, 0.5) is 0 Å². The van der Waals surface area contributed by atoms with Crippen molar-refractivity contribution in [2.45, 2.75) is 0 Å². The fourth-order valence-corrected chi connectivity index (χ4v) is 0.541. The molecule has 1 aliphatic rings. The van der Waals surface area contributed by atoms with Gasteiger partial charge in [-0.25, -0.2) is 9.20 Å². The van der Waals surface area contributed by atoms with Gasteiger partial charge < -0.3 is 0 Å². The summed E-state index contributed by atoms with van der Waals surface area (Å²) in [4.78, 5) is 3.45. The lowest BCUT2D eigenvalue weighted by atomic mass is 11.3. The van der Waals surface area contributed by atoms with Crippen molar-refractivity contribution in [2.75, 3.05) is 0 Å². The molecule has 0 fully saturated rings. The van der Waals surface area contributed by atoms with Gasteiger partial charge in [-0.15, -0.1) is 0 Å². The SMILES string of the molecule is O=S1C=NC=N1. The van der Waals surface area contributed by atoms with Gasteiger partial charge in [-0.3, -0.25) is 0 Å². The zero-order valence-corrected chi connectivity index (χ0v) is 3.68. The van der Waals surface area contributed by atoms with E-state index in [-0.39, 0.29) is 0 Å². The summed E-state index contributed by atoms with van der Waals surface area (Å²) in [5.74, 6) is 0. The number of hydrogen-bond donors (Lipinski definition) is 0. The Morgan fingerprint density at radius 3 is 2.67 bits per heavy atom. The normalized spacial score (nSPS) is 29.0. The molecule has 0 amide bonds. The Balaban J connectivity index is 2.86. The molecule has 0 bridgehead atoms. The Kier molecular flexibility index (Phi) is 0.795. The minimum absolute atomic E-state index is 1.15. The fraction of sp³-hybridized carbons (Fsp3) is 0. The molecule has 0 spiro atoms. The molecular weight excluding hydrogens is 100 g/mol. The van der Waals surface area contributed by atoms with Crippen molar-refractivity contribution in [2.24, 2.45) is 9.39 Å². The summed E-state index contributed by atoms with van der Waals surface area (Å²) in [7, 11) is -1.15. The van der Waals surface area contributed by atoms with Crippen LogP contribution in [0.3, 0.4) is 0 Å². The highest BCUT2D eigenvalue weighted by molar-refractivity contribution is 7.97. The number of nitrogens with zero attached hydrogens (tertiary/aromatic N) is 2.